The van der Waals surface area contributed by atoms with Crippen molar-refractivity contribution in [3.8, 4) is 5.75 Å². The fourth-order valence-electron chi connectivity index (χ4n) is 3.14. The maximum absolute atomic E-state index is 13.3. The van der Waals surface area contributed by atoms with E-state index in [9.17, 15) is 13.6 Å². The highest BCUT2D eigenvalue weighted by molar-refractivity contribution is 5.94. The zero-order valence-electron chi connectivity index (χ0n) is 15.1. The highest BCUT2D eigenvalue weighted by atomic mass is 19.2. The third-order valence-corrected chi connectivity index (χ3v) is 4.71. The molecule has 0 N–H and O–H groups in total. The van der Waals surface area contributed by atoms with E-state index in [0.29, 0.717) is 31.2 Å². The van der Waals surface area contributed by atoms with Gasteiger partial charge in [0.05, 0.1) is 13.0 Å². The number of rotatable bonds is 5. The minimum Gasteiger partial charge on any atom is -0.496 e. The zero-order chi connectivity index (χ0) is 19.7. The molecule has 1 aliphatic rings. The number of aromatic nitrogens is 2. The van der Waals surface area contributed by atoms with Gasteiger partial charge in [-0.15, -0.1) is 0 Å². The number of hydrogen-bond acceptors (Lipinski definition) is 5. The van der Waals surface area contributed by atoms with Crippen LogP contribution >= 0.6 is 0 Å². The number of ether oxygens (including phenoxy) is 1. The molecule has 0 unspecified atom stereocenters. The molecule has 0 saturated carbocycles. The summed E-state index contributed by atoms with van der Waals surface area (Å²) in [5.41, 5.74) is 1.06. The number of halogens is 2. The maximum Gasteiger partial charge on any atom is 0.254 e. The van der Waals surface area contributed by atoms with Crippen LogP contribution in [0.3, 0.4) is 0 Å². The molecule has 1 aromatic heterocycles. The van der Waals surface area contributed by atoms with Gasteiger partial charge in [-0.3, -0.25) is 4.79 Å². The summed E-state index contributed by atoms with van der Waals surface area (Å²) in [4.78, 5) is 18.3. The number of carbonyl (C=O) groups excluding carboxylic acids is 1. The second-order valence-corrected chi connectivity index (χ2v) is 6.57. The topological polar surface area (TPSA) is 68.5 Å². The summed E-state index contributed by atoms with van der Waals surface area (Å²) in [6, 6.07) is 10.7. The van der Waals surface area contributed by atoms with Crippen LogP contribution in [0.5, 0.6) is 5.75 Å². The van der Waals surface area contributed by atoms with E-state index in [1.165, 1.54) is 11.0 Å². The predicted molar refractivity (Wildman–Crippen MR) is 95.1 cm³/mol. The van der Waals surface area contributed by atoms with Crippen molar-refractivity contribution < 1.29 is 22.8 Å². The molecule has 8 heteroatoms. The molecule has 4 rings (SSSR count). The highest BCUT2D eigenvalue weighted by Crippen LogP contribution is 2.28. The van der Waals surface area contributed by atoms with Crippen LogP contribution in [-0.4, -0.2) is 41.1 Å². The minimum atomic E-state index is -1.04. The van der Waals surface area contributed by atoms with Gasteiger partial charge in [0.2, 0.25) is 5.89 Å². The Morgan fingerprint density at radius 1 is 1.21 bits per heavy atom. The number of likely N-dealkylation sites (tertiary alicyclic amines) is 1. The van der Waals surface area contributed by atoms with Crippen molar-refractivity contribution in [2.24, 2.45) is 0 Å². The van der Waals surface area contributed by atoms with Gasteiger partial charge < -0.3 is 14.2 Å². The van der Waals surface area contributed by atoms with Crippen molar-refractivity contribution in [2.75, 3.05) is 20.2 Å². The van der Waals surface area contributed by atoms with E-state index in [2.05, 4.69) is 10.1 Å². The highest BCUT2D eigenvalue weighted by Gasteiger charge is 2.36. The lowest BCUT2D eigenvalue weighted by Crippen LogP contribution is -2.48. The molecular formula is C20H17F2N3O3. The average Bonchev–Trinajstić information content (AvgIpc) is 3.11. The van der Waals surface area contributed by atoms with Crippen LogP contribution in [-0.2, 0) is 6.42 Å². The van der Waals surface area contributed by atoms with Crippen LogP contribution in [0.4, 0.5) is 8.78 Å². The Labute approximate surface area is 159 Å². The summed E-state index contributed by atoms with van der Waals surface area (Å²) in [5.74, 6) is -0.714. The number of methoxy groups -OCH3 is 1. The summed E-state index contributed by atoms with van der Waals surface area (Å²) >= 11 is 0. The number of nitrogens with zero attached hydrogens (tertiary/aromatic N) is 3. The van der Waals surface area contributed by atoms with Crippen LogP contribution in [0.25, 0.3) is 0 Å². The summed E-state index contributed by atoms with van der Waals surface area (Å²) in [7, 11) is 1.60. The molecule has 1 fully saturated rings. The van der Waals surface area contributed by atoms with Gasteiger partial charge in [0, 0.05) is 30.6 Å². The largest absolute Gasteiger partial charge is 0.496 e. The Morgan fingerprint density at radius 3 is 2.75 bits per heavy atom. The van der Waals surface area contributed by atoms with Crippen LogP contribution in [0.1, 0.15) is 33.6 Å². The normalized spacial score (nSPS) is 14.0. The SMILES string of the molecule is COc1ccccc1Cc1noc(C2CN(C(=O)c3ccc(F)c(F)c3)C2)n1. The molecule has 2 aromatic carbocycles. The van der Waals surface area contributed by atoms with E-state index in [1.54, 1.807) is 7.11 Å². The van der Waals surface area contributed by atoms with Crippen molar-refractivity contribution in [3.05, 3.63) is 76.9 Å². The van der Waals surface area contributed by atoms with E-state index in [-0.39, 0.29) is 17.4 Å². The molecule has 0 radical (unpaired) electrons. The van der Waals surface area contributed by atoms with Crippen LogP contribution in [0, 0.1) is 11.6 Å². The van der Waals surface area contributed by atoms with Crippen molar-refractivity contribution in [3.63, 3.8) is 0 Å². The van der Waals surface area contributed by atoms with E-state index in [1.807, 2.05) is 24.3 Å². The first kappa shape index (κ1) is 18.1. The molecule has 1 amide bonds. The molecule has 3 aromatic rings. The Bertz CT molecular complexity index is 1020. The molecule has 28 heavy (non-hydrogen) atoms. The first-order chi connectivity index (χ1) is 13.5. The molecule has 2 heterocycles. The van der Waals surface area contributed by atoms with Gasteiger partial charge in [-0.25, -0.2) is 8.78 Å². The third-order valence-electron chi connectivity index (χ3n) is 4.71. The predicted octanol–water partition coefficient (Wildman–Crippen LogP) is 3.19. The van der Waals surface area contributed by atoms with Crippen LogP contribution in [0.2, 0.25) is 0 Å². The molecule has 0 aliphatic carbocycles. The zero-order valence-corrected chi connectivity index (χ0v) is 15.1. The number of amides is 1. The molecule has 1 aliphatic heterocycles. The number of benzene rings is 2. The molecule has 0 spiro atoms. The minimum absolute atomic E-state index is 0.0758. The standard InChI is InChI=1S/C20H17F2N3O3/c1-27-17-5-3-2-4-12(17)9-18-23-19(28-24-18)14-10-25(11-14)20(26)13-6-7-15(21)16(22)8-13/h2-8,14H,9-11H2,1H3. The monoisotopic (exact) mass is 385 g/mol. The molecule has 144 valence electrons. The number of carbonyl (C=O) groups is 1. The fraction of sp³-hybridized carbons (Fsp3) is 0.250. The van der Waals surface area contributed by atoms with Crippen molar-refractivity contribution >= 4 is 5.91 Å². The first-order valence-electron chi connectivity index (χ1n) is 8.74. The van der Waals surface area contributed by atoms with E-state index >= 15 is 0 Å². The van der Waals surface area contributed by atoms with Crippen molar-refractivity contribution in [2.45, 2.75) is 12.3 Å². The lowest BCUT2D eigenvalue weighted by Gasteiger charge is -2.37. The van der Waals surface area contributed by atoms with Crippen LogP contribution in [0.15, 0.2) is 47.0 Å². The first-order valence-corrected chi connectivity index (χ1v) is 8.74. The fourth-order valence-corrected chi connectivity index (χ4v) is 3.14. The molecular weight excluding hydrogens is 368 g/mol. The molecule has 1 saturated heterocycles. The average molecular weight is 385 g/mol. The van der Waals surface area contributed by atoms with Gasteiger partial charge in [0.15, 0.2) is 17.5 Å². The molecule has 0 bridgehead atoms. The van der Waals surface area contributed by atoms with E-state index < -0.39 is 11.6 Å². The second kappa shape index (κ2) is 7.38. The van der Waals surface area contributed by atoms with Gasteiger partial charge in [-0.2, -0.15) is 4.98 Å². The molecule has 6 nitrogen and oxygen atoms in total. The summed E-state index contributed by atoms with van der Waals surface area (Å²) in [6.07, 6.45) is 0.470. The summed E-state index contributed by atoms with van der Waals surface area (Å²) in [6.45, 7) is 0.766. The number of para-hydroxylation sites is 1. The lowest BCUT2D eigenvalue weighted by atomic mass is 9.98. The van der Waals surface area contributed by atoms with Gasteiger partial charge in [-0.05, 0) is 24.3 Å². The van der Waals surface area contributed by atoms with Gasteiger partial charge in [0.25, 0.3) is 5.91 Å². The van der Waals surface area contributed by atoms with Crippen molar-refractivity contribution in [1.29, 1.82) is 0 Å². The van der Waals surface area contributed by atoms with Crippen molar-refractivity contribution in [1.82, 2.24) is 15.0 Å². The summed E-state index contributed by atoms with van der Waals surface area (Å²) in [5, 5.41) is 4.00. The summed E-state index contributed by atoms with van der Waals surface area (Å²) < 4.78 is 37.0. The van der Waals surface area contributed by atoms with Gasteiger partial charge in [-0.1, -0.05) is 23.4 Å². The quantitative estimate of drug-likeness (QED) is 0.675. The third kappa shape index (κ3) is 3.45. The van der Waals surface area contributed by atoms with E-state index in [0.717, 1.165) is 23.4 Å². The Morgan fingerprint density at radius 2 is 2.00 bits per heavy atom. The number of hydrogen-bond donors (Lipinski definition) is 0. The van der Waals surface area contributed by atoms with Gasteiger partial charge in [0.1, 0.15) is 5.75 Å². The Hall–Kier alpha value is -3.29. The second-order valence-electron chi connectivity index (χ2n) is 6.57. The maximum atomic E-state index is 13.3. The van der Waals surface area contributed by atoms with Crippen LogP contribution < -0.4 is 4.74 Å². The van der Waals surface area contributed by atoms with E-state index in [4.69, 9.17) is 9.26 Å². The molecule has 0 atom stereocenters. The Balaban J connectivity index is 1.38. The van der Waals surface area contributed by atoms with Gasteiger partial charge >= 0.3 is 0 Å². The lowest BCUT2D eigenvalue weighted by molar-refractivity contribution is 0.0568. The smallest absolute Gasteiger partial charge is 0.254 e. The Kier molecular flexibility index (Phi) is 4.77.